The average molecular weight is 230 g/mol. The molecule has 0 saturated carbocycles. The molecule has 0 spiro atoms. The van der Waals surface area contributed by atoms with E-state index in [0.29, 0.717) is 17.5 Å². The monoisotopic (exact) mass is 229 g/mol. The van der Waals surface area contributed by atoms with Gasteiger partial charge in [-0.25, -0.2) is 4.39 Å². The van der Waals surface area contributed by atoms with Crippen molar-refractivity contribution < 1.29 is 4.39 Å². The van der Waals surface area contributed by atoms with Crippen molar-refractivity contribution in [1.82, 2.24) is 5.32 Å². The summed E-state index contributed by atoms with van der Waals surface area (Å²) in [4.78, 5) is 0. The van der Waals surface area contributed by atoms with Gasteiger partial charge < -0.3 is 5.32 Å². The number of rotatable bonds is 5. The fourth-order valence-corrected chi connectivity index (χ4v) is 1.56. The van der Waals surface area contributed by atoms with Crippen LogP contribution in [-0.2, 0) is 6.54 Å². The first-order valence-electron chi connectivity index (χ1n) is 5.27. The molecule has 0 aliphatic carbocycles. The van der Waals surface area contributed by atoms with Crippen LogP contribution in [0.25, 0.3) is 0 Å². The number of benzene rings is 1. The van der Waals surface area contributed by atoms with Crippen molar-refractivity contribution in [3.8, 4) is 0 Å². The molecule has 3 heteroatoms. The molecule has 0 saturated heterocycles. The van der Waals surface area contributed by atoms with Crippen LogP contribution in [0.15, 0.2) is 18.2 Å². The van der Waals surface area contributed by atoms with Gasteiger partial charge in [-0.1, -0.05) is 31.9 Å². The highest BCUT2D eigenvalue weighted by atomic mass is 35.5. The van der Waals surface area contributed by atoms with Crippen LogP contribution in [-0.4, -0.2) is 6.54 Å². The average Bonchev–Trinajstić information content (AvgIpc) is 2.16. The van der Waals surface area contributed by atoms with E-state index in [1.807, 2.05) is 0 Å². The molecule has 84 valence electrons. The summed E-state index contributed by atoms with van der Waals surface area (Å²) in [6.07, 6.45) is 1.15. The van der Waals surface area contributed by atoms with Crippen molar-refractivity contribution in [2.45, 2.75) is 26.8 Å². The van der Waals surface area contributed by atoms with Gasteiger partial charge in [0.25, 0.3) is 0 Å². The van der Waals surface area contributed by atoms with Gasteiger partial charge in [0.2, 0.25) is 0 Å². The normalized spacial score (nSPS) is 12.8. The molecule has 0 heterocycles. The fourth-order valence-electron chi connectivity index (χ4n) is 1.32. The van der Waals surface area contributed by atoms with Crippen molar-refractivity contribution in [1.29, 1.82) is 0 Å². The molecule has 0 aliphatic rings. The van der Waals surface area contributed by atoms with Crippen LogP contribution in [0.4, 0.5) is 4.39 Å². The molecule has 1 atom stereocenters. The lowest BCUT2D eigenvalue weighted by atomic mass is 10.1. The molecule has 1 aromatic rings. The topological polar surface area (TPSA) is 12.0 Å². The Morgan fingerprint density at radius 1 is 1.40 bits per heavy atom. The summed E-state index contributed by atoms with van der Waals surface area (Å²) >= 11 is 5.75. The van der Waals surface area contributed by atoms with Gasteiger partial charge in [0, 0.05) is 11.6 Å². The Labute approximate surface area is 95.6 Å². The van der Waals surface area contributed by atoms with Crippen LogP contribution >= 0.6 is 11.6 Å². The Hall–Kier alpha value is -0.600. The quantitative estimate of drug-likeness (QED) is 0.813. The lowest BCUT2D eigenvalue weighted by molar-refractivity contribution is 0.499. The minimum atomic E-state index is -0.275. The van der Waals surface area contributed by atoms with E-state index in [9.17, 15) is 4.39 Å². The third-order valence-corrected chi connectivity index (χ3v) is 2.66. The van der Waals surface area contributed by atoms with Gasteiger partial charge in [-0.15, -0.1) is 0 Å². The summed E-state index contributed by atoms with van der Waals surface area (Å²) in [6, 6.07) is 4.61. The van der Waals surface area contributed by atoms with Gasteiger partial charge in [0.05, 0.1) is 0 Å². The van der Waals surface area contributed by atoms with Crippen molar-refractivity contribution in [3.05, 3.63) is 34.6 Å². The Morgan fingerprint density at radius 2 is 2.13 bits per heavy atom. The zero-order valence-corrected chi connectivity index (χ0v) is 9.94. The summed E-state index contributed by atoms with van der Waals surface area (Å²) in [5.41, 5.74) is 0.892. The highest BCUT2D eigenvalue weighted by Crippen LogP contribution is 2.13. The minimum Gasteiger partial charge on any atom is -0.312 e. The first-order chi connectivity index (χ1) is 7.11. The van der Waals surface area contributed by atoms with Crippen LogP contribution in [0, 0.1) is 11.7 Å². The number of nitrogens with one attached hydrogen (secondary N) is 1. The summed E-state index contributed by atoms with van der Waals surface area (Å²) in [6.45, 7) is 5.96. The predicted molar refractivity (Wildman–Crippen MR) is 62.6 cm³/mol. The molecule has 0 radical (unpaired) electrons. The van der Waals surface area contributed by atoms with E-state index >= 15 is 0 Å². The number of halogens is 2. The fraction of sp³-hybridized carbons (Fsp3) is 0.500. The van der Waals surface area contributed by atoms with Gasteiger partial charge in [-0.05, 0) is 36.2 Å². The molecule has 0 aliphatic heterocycles. The predicted octanol–water partition coefficient (Wildman–Crippen LogP) is 3.61. The third-order valence-electron chi connectivity index (χ3n) is 2.44. The Balaban J connectivity index is 2.43. The smallest absolute Gasteiger partial charge is 0.125 e. The standard InChI is InChI=1S/C12H17ClFN/c1-3-9(2)7-15-8-10-4-11(13)6-12(14)5-10/h4-6,9,15H,3,7-8H2,1-2H3. The Morgan fingerprint density at radius 3 is 2.73 bits per heavy atom. The molecule has 1 aromatic carbocycles. The van der Waals surface area contributed by atoms with Gasteiger partial charge in [0.1, 0.15) is 5.82 Å². The van der Waals surface area contributed by atoms with Gasteiger partial charge in [0.15, 0.2) is 0 Å². The molecular weight excluding hydrogens is 213 g/mol. The molecule has 1 unspecified atom stereocenters. The molecule has 0 bridgehead atoms. The van der Waals surface area contributed by atoms with Crippen molar-refractivity contribution in [2.75, 3.05) is 6.54 Å². The zero-order chi connectivity index (χ0) is 11.3. The maximum atomic E-state index is 13.0. The van der Waals surface area contributed by atoms with E-state index in [-0.39, 0.29) is 5.82 Å². The van der Waals surface area contributed by atoms with Crippen LogP contribution in [0.1, 0.15) is 25.8 Å². The molecule has 15 heavy (non-hydrogen) atoms. The summed E-state index contributed by atoms with van der Waals surface area (Å²) in [7, 11) is 0. The van der Waals surface area contributed by atoms with Gasteiger partial charge in [-0.3, -0.25) is 0 Å². The Kier molecular flexibility index (Phi) is 5.06. The van der Waals surface area contributed by atoms with E-state index in [4.69, 9.17) is 11.6 Å². The lowest BCUT2D eigenvalue weighted by Gasteiger charge is -2.10. The second-order valence-electron chi connectivity index (χ2n) is 3.92. The molecule has 1 N–H and O–H groups in total. The van der Waals surface area contributed by atoms with Gasteiger partial charge >= 0.3 is 0 Å². The zero-order valence-electron chi connectivity index (χ0n) is 9.19. The first-order valence-corrected chi connectivity index (χ1v) is 5.65. The highest BCUT2D eigenvalue weighted by molar-refractivity contribution is 6.30. The first kappa shape index (κ1) is 12.5. The summed E-state index contributed by atoms with van der Waals surface area (Å²) in [5, 5.41) is 3.74. The maximum absolute atomic E-state index is 13.0. The Bertz CT molecular complexity index is 294. The number of hydrogen-bond donors (Lipinski definition) is 1. The van der Waals surface area contributed by atoms with Crippen molar-refractivity contribution in [2.24, 2.45) is 5.92 Å². The highest BCUT2D eigenvalue weighted by Gasteiger charge is 2.01. The van der Waals surface area contributed by atoms with E-state index in [1.54, 1.807) is 6.07 Å². The van der Waals surface area contributed by atoms with E-state index in [1.165, 1.54) is 12.1 Å². The van der Waals surface area contributed by atoms with Gasteiger partial charge in [-0.2, -0.15) is 0 Å². The van der Waals surface area contributed by atoms with Crippen molar-refractivity contribution in [3.63, 3.8) is 0 Å². The van der Waals surface area contributed by atoms with Crippen molar-refractivity contribution >= 4 is 11.6 Å². The molecule has 1 nitrogen and oxygen atoms in total. The molecule has 0 aromatic heterocycles. The maximum Gasteiger partial charge on any atom is 0.125 e. The van der Waals surface area contributed by atoms with Crippen LogP contribution in [0.5, 0.6) is 0 Å². The summed E-state index contributed by atoms with van der Waals surface area (Å²) in [5.74, 6) is 0.372. The molecular formula is C12H17ClFN. The number of hydrogen-bond acceptors (Lipinski definition) is 1. The minimum absolute atomic E-state index is 0.275. The second kappa shape index (κ2) is 6.09. The summed E-state index contributed by atoms with van der Waals surface area (Å²) < 4.78 is 13.0. The molecule has 0 fully saturated rings. The third kappa shape index (κ3) is 4.63. The SMILES string of the molecule is CCC(C)CNCc1cc(F)cc(Cl)c1. The van der Waals surface area contributed by atoms with E-state index in [2.05, 4.69) is 19.2 Å². The molecule has 0 amide bonds. The van der Waals surface area contributed by atoms with Crippen LogP contribution in [0.2, 0.25) is 5.02 Å². The lowest BCUT2D eigenvalue weighted by Crippen LogP contribution is -2.20. The largest absolute Gasteiger partial charge is 0.312 e. The van der Waals surface area contributed by atoms with Crippen LogP contribution in [0.3, 0.4) is 0 Å². The van der Waals surface area contributed by atoms with E-state index in [0.717, 1.165) is 18.5 Å². The van der Waals surface area contributed by atoms with E-state index < -0.39 is 0 Å². The van der Waals surface area contributed by atoms with Crippen LogP contribution < -0.4 is 5.32 Å². The molecule has 1 rings (SSSR count). The second-order valence-corrected chi connectivity index (χ2v) is 4.36.